The second-order valence-electron chi connectivity index (χ2n) is 4.33. The molecule has 1 atom stereocenters. The lowest BCUT2D eigenvalue weighted by Crippen LogP contribution is -2.17. The number of thiophene rings is 1. The van der Waals surface area contributed by atoms with Crippen molar-refractivity contribution in [1.82, 2.24) is 5.32 Å². The molecule has 0 spiro atoms. The van der Waals surface area contributed by atoms with Crippen LogP contribution in [0.5, 0.6) is 0 Å². The fraction of sp³-hybridized carbons (Fsp3) is 0.571. The summed E-state index contributed by atoms with van der Waals surface area (Å²) < 4.78 is 0. The Morgan fingerprint density at radius 3 is 3.00 bits per heavy atom. The summed E-state index contributed by atoms with van der Waals surface area (Å²) in [4.78, 5) is 3.10. The Morgan fingerprint density at radius 2 is 2.25 bits per heavy atom. The summed E-state index contributed by atoms with van der Waals surface area (Å²) >= 11 is 1.99. The Hall–Kier alpha value is -0.780. The topological polar surface area (TPSA) is 12.0 Å². The van der Waals surface area contributed by atoms with E-state index < -0.39 is 0 Å². The Kier molecular flexibility index (Phi) is 4.04. The van der Waals surface area contributed by atoms with Gasteiger partial charge < -0.3 is 0 Å². The van der Waals surface area contributed by atoms with Crippen LogP contribution in [0, 0.1) is 11.8 Å². The van der Waals surface area contributed by atoms with Gasteiger partial charge in [0.25, 0.3) is 0 Å². The van der Waals surface area contributed by atoms with E-state index in [9.17, 15) is 0 Å². The predicted octanol–water partition coefficient (Wildman–Crippen LogP) is 3.30. The van der Waals surface area contributed by atoms with Gasteiger partial charge in [0.2, 0.25) is 0 Å². The summed E-state index contributed by atoms with van der Waals surface area (Å²) in [5.41, 5.74) is 1.60. The molecule has 0 saturated heterocycles. The van der Waals surface area contributed by atoms with Crippen molar-refractivity contribution in [2.45, 2.75) is 45.6 Å². The molecule has 0 fully saturated rings. The minimum atomic E-state index is 0.441. The average Bonchev–Trinajstić information content (AvgIpc) is 2.73. The number of aryl methyl sites for hydroxylation is 2. The van der Waals surface area contributed by atoms with Gasteiger partial charge in [-0.05, 0) is 51.2 Å². The quantitative estimate of drug-likeness (QED) is 0.790. The standard InChI is InChI=1S/C14H19NS/c1-3-4-9-15-11(2)14-10-12-7-5-6-8-13(12)16-14/h10-11,15H,5-9H2,1-2H3. The van der Waals surface area contributed by atoms with Gasteiger partial charge in [0, 0.05) is 15.8 Å². The van der Waals surface area contributed by atoms with Crippen LogP contribution in [0.2, 0.25) is 0 Å². The zero-order chi connectivity index (χ0) is 11.4. The van der Waals surface area contributed by atoms with Crippen LogP contribution in [0.3, 0.4) is 0 Å². The van der Waals surface area contributed by atoms with Gasteiger partial charge in [-0.15, -0.1) is 17.3 Å². The number of nitrogens with one attached hydrogen (secondary N) is 1. The maximum absolute atomic E-state index is 3.45. The van der Waals surface area contributed by atoms with Gasteiger partial charge in [0.05, 0.1) is 6.54 Å². The Morgan fingerprint density at radius 1 is 1.44 bits per heavy atom. The zero-order valence-corrected chi connectivity index (χ0v) is 10.9. The molecular formula is C14H19NS. The minimum Gasteiger partial charge on any atom is -0.299 e. The molecule has 1 aromatic rings. The maximum Gasteiger partial charge on any atom is 0.0581 e. The van der Waals surface area contributed by atoms with Crippen LogP contribution in [-0.2, 0) is 12.8 Å². The van der Waals surface area contributed by atoms with Crippen LogP contribution in [0.15, 0.2) is 6.07 Å². The van der Waals surface area contributed by atoms with Crippen molar-refractivity contribution < 1.29 is 0 Å². The molecule has 0 saturated carbocycles. The van der Waals surface area contributed by atoms with Gasteiger partial charge >= 0.3 is 0 Å². The van der Waals surface area contributed by atoms with Gasteiger partial charge in [0.15, 0.2) is 0 Å². The molecule has 1 unspecified atom stereocenters. The highest BCUT2D eigenvalue weighted by molar-refractivity contribution is 7.12. The molecule has 2 rings (SSSR count). The third-order valence-corrected chi connectivity index (χ3v) is 4.54. The number of hydrogen-bond donors (Lipinski definition) is 1. The van der Waals surface area contributed by atoms with E-state index in [0.717, 1.165) is 6.54 Å². The molecule has 1 nitrogen and oxygen atoms in total. The second-order valence-corrected chi connectivity index (χ2v) is 5.50. The highest BCUT2D eigenvalue weighted by Crippen LogP contribution is 2.32. The summed E-state index contributed by atoms with van der Waals surface area (Å²) in [6.07, 6.45) is 5.32. The van der Waals surface area contributed by atoms with E-state index in [1.54, 1.807) is 10.4 Å². The SMILES string of the molecule is CC#CCNC(C)c1cc2c(s1)CCCC2. The Bertz CT molecular complexity index is 385. The van der Waals surface area contributed by atoms with E-state index in [1.165, 1.54) is 30.6 Å². The second kappa shape index (κ2) is 5.52. The first-order valence-corrected chi connectivity index (χ1v) is 6.87. The van der Waals surface area contributed by atoms with Crippen molar-refractivity contribution >= 4 is 11.3 Å². The molecule has 1 aliphatic rings. The largest absolute Gasteiger partial charge is 0.299 e. The smallest absolute Gasteiger partial charge is 0.0581 e. The van der Waals surface area contributed by atoms with Crippen LogP contribution in [0.4, 0.5) is 0 Å². The van der Waals surface area contributed by atoms with Crippen LogP contribution in [-0.4, -0.2) is 6.54 Å². The normalized spacial score (nSPS) is 16.1. The lowest BCUT2D eigenvalue weighted by atomic mass is 9.99. The molecule has 86 valence electrons. The van der Waals surface area contributed by atoms with E-state index in [1.807, 2.05) is 18.3 Å². The van der Waals surface area contributed by atoms with Crippen molar-refractivity contribution in [1.29, 1.82) is 0 Å². The zero-order valence-electron chi connectivity index (χ0n) is 10.1. The van der Waals surface area contributed by atoms with E-state index in [2.05, 4.69) is 30.1 Å². The fourth-order valence-corrected chi connectivity index (χ4v) is 3.40. The molecule has 0 radical (unpaired) electrons. The van der Waals surface area contributed by atoms with Gasteiger partial charge in [-0.3, -0.25) is 5.32 Å². The highest BCUT2D eigenvalue weighted by atomic mass is 32.1. The fourth-order valence-electron chi connectivity index (χ4n) is 2.12. The molecule has 16 heavy (non-hydrogen) atoms. The molecule has 0 bridgehead atoms. The summed E-state index contributed by atoms with van der Waals surface area (Å²) in [6.45, 7) is 4.91. The van der Waals surface area contributed by atoms with Crippen LogP contribution < -0.4 is 5.32 Å². The Labute approximate surface area is 102 Å². The first-order valence-electron chi connectivity index (χ1n) is 6.05. The summed E-state index contributed by atoms with van der Waals surface area (Å²) in [6, 6.07) is 2.84. The highest BCUT2D eigenvalue weighted by Gasteiger charge is 2.15. The van der Waals surface area contributed by atoms with Gasteiger partial charge in [-0.25, -0.2) is 0 Å². The number of fused-ring (bicyclic) bond motifs is 1. The van der Waals surface area contributed by atoms with Gasteiger partial charge in [0.1, 0.15) is 0 Å². The van der Waals surface area contributed by atoms with Crippen LogP contribution in [0.25, 0.3) is 0 Å². The number of rotatable bonds is 3. The first kappa shape index (κ1) is 11.7. The van der Waals surface area contributed by atoms with E-state index in [4.69, 9.17) is 0 Å². The Balaban J connectivity index is 2.02. The van der Waals surface area contributed by atoms with E-state index in [0.29, 0.717) is 6.04 Å². The number of hydrogen-bond acceptors (Lipinski definition) is 2. The predicted molar refractivity (Wildman–Crippen MR) is 70.8 cm³/mol. The summed E-state index contributed by atoms with van der Waals surface area (Å²) in [7, 11) is 0. The third-order valence-electron chi connectivity index (χ3n) is 3.12. The van der Waals surface area contributed by atoms with E-state index >= 15 is 0 Å². The van der Waals surface area contributed by atoms with Crippen molar-refractivity contribution in [3.63, 3.8) is 0 Å². The molecule has 1 N–H and O–H groups in total. The molecule has 1 aromatic heterocycles. The monoisotopic (exact) mass is 233 g/mol. The van der Waals surface area contributed by atoms with Crippen molar-refractivity contribution in [3.8, 4) is 11.8 Å². The first-order chi connectivity index (χ1) is 7.81. The molecule has 1 heterocycles. The third kappa shape index (κ3) is 2.66. The lowest BCUT2D eigenvalue weighted by Gasteiger charge is -2.08. The molecule has 1 aliphatic carbocycles. The molecule has 0 aliphatic heterocycles. The molecular weight excluding hydrogens is 214 g/mol. The van der Waals surface area contributed by atoms with Crippen LogP contribution in [0.1, 0.15) is 48.0 Å². The van der Waals surface area contributed by atoms with Crippen molar-refractivity contribution in [2.75, 3.05) is 6.54 Å². The molecule has 0 aromatic carbocycles. The van der Waals surface area contributed by atoms with E-state index in [-0.39, 0.29) is 0 Å². The molecule has 0 amide bonds. The average molecular weight is 233 g/mol. The van der Waals surface area contributed by atoms with Crippen molar-refractivity contribution in [2.24, 2.45) is 0 Å². The summed E-state index contributed by atoms with van der Waals surface area (Å²) in [5.74, 6) is 5.97. The van der Waals surface area contributed by atoms with Gasteiger partial charge in [-0.2, -0.15) is 0 Å². The lowest BCUT2D eigenvalue weighted by molar-refractivity contribution is 0.632. The maximum atomic E-state index is 3.45. The molecule has 2 heteroatoms. The van der Waals surface area contributed by atoms with Gasteiger partial charge in [-0.1, -0.05) is 5.92 Å². The minimum absolute atomic E-state index is 0.441. The summed E-state index contributed by atoms with van der Waals surface area (Å²) in [5, 5.41) is 3.45. The van der Waals surface area contributed by atoms with Crippen molar-refractivity contribution in [3.05, 3.63) is 21.4 Å². The van der Waals surface area contributed by atoms with Crippen LogP contribution >= 0.6 is 11.3 Å².